The summed E-state index contributed by atoms with van der Waals surface area (Å²) in [5.74, 6) is 0.655. The van der Waals surface area contributed by atoms with Gasteiger partial charge in [-0.2, -0.15) is 0 Å². The van der Waals surface area contributed by atoms with Gasteiger partial charge in [0.25, 0.3) is 0 Å². The maximum absolute atomic E-state index is 5.57. The van der Waals surface area contributed by atoms with Gasteiger partial charge >= 0.3 is 0 Å². The van der Waals surface area contributed by atoms with Gasteiger partial charge in [-0.15, -0.1) is 0 Å². The van der Waals surface area contributed by atoms with Crippen molar-refractivity contribution in [3.05, 3.63) is 0 Å². The lowest BCUT2D eigenvalue weighted by Gasteiger charge is -2.32. The molecule has 0 spiro atoms. The zero-order valence-corrected chi connectivity index (χ0v) is 9.83. The van der Waals surface area contributed by atoms with Crippen LogP contribution in [0.1, 0.15) is 13.8 Å². The molecule has 0 aromatic rings. The molecule has 1 heterocycles. The number of piperazine rings is 1. The van der Waals surface area contributed by atoms with Gasteiger partial charge in [0.05, 0.1) is 6.61 Å². The molecule has 0 amide bonds. The highest BCUT2D eigenvalue weighted by molar-refractivity contribution is 4.68. The van der Waals surface area contributed by atoms with Gasteiger partial charge in [0.1, 0.15) is 0 Å². The molecule has 3 nitrogen and oxygen atoms in total. The third-order valence-corrected chi connectivity index (χ3v) is 2.60. The predicted octanol–water partition coefficient (Wildman–Crippen LogP) is 0.906. The van der Waals surface area contributed by atoms with E-state index in [1.54, 1.807) is 0 Å². The summed E-state index contributed by atoms with van der Waals surface area (Å²) in [6, 6.07) is 0. The van der Waals surface area contributed by atoms with Crippen molar-refractivity contribution in [3.8, 4) is 0 Å². The van der Waals surface area contributed by atoms with Crippen LogP contribution in [0.5, 0.6) is 0 Å². The third kappa shape index (κ3) is 4.94. The first-order chi connectivity index (χ1) is 6.68. The first-order valence-electron chi connectivity index (χ1n) is 5.67. The molecule has 0 bridgehead atoms. The second kappa shape index (κ2) is 6.38. The third-order valence-electron chi connectivity index (χ3n) is 2.60. The van der Waals surface area contributed by atoms with Crippen molar-refractivity contribution in [2.24, 2.45) is 5.92 Å². The Kier molecular flexibility index (Phi) is 5.45. The van der Waals surface area contributed by atoms with Gasteiger partial charge in [0.15, 0.2) is 0 Å². The van der Waals surface area contributed by atoms with Crippen molar-refractivity contribution in [2.45, 2.75) is 13.8 Å². The van der Waals surface area contributed by atoms with Crippen LogP contribution in [0, 0.1) is 5.92 Å². The number of ether oxygens (including phenoxy) is 1. The highest BCUT2D eigenvalue weighted by Crippen LogP contribution is 1.99. The molecule has 0 saturated carbocycles. The zero-order valence-electron chi connectivity index (χ0n) is 9.83. The number of rotatable bonds is 5. The van der Waals surface area contributed by atoms with Crippen molar-refractivity contribution in [3.63, 3.8) is 0 Å². The molecule has 0 N–H and O–H groups in total. The molecule has 0 aliphatic carbocycles. The summed E-state index contributed by atoms with van der Waals surface area (Å²) >= 11 is 0. The lowest BCUT2D eigenvalue weighted by atomic mass is 10.2. The molecule has 0 aromatic carbocycles. The van der Waals surface area contributed by atoms with Crippen molar-refractivity contribution in [1.29, 1.82) is 0 Å². The highest BCUT2D eigenvalue weighted by atomic mass is 16.5. The lowest BCUT2D eigenvalue weighted by Crippen LogP contribution is -2.45. The summed E-state index contributed by atoms with van der Waals surface area (Å²) in [6.45, 7) is 12.1. The van der Waals surface area contributed by atoms with E-state index in [0.717, 1.165) is 19.8 Å². The van der Waals surface area contributed by atoms with Crippen LogP contribution < -0.4 is 0 Å². The Balaban J connectivity index is 1.96. The molecule has 84 valence electrons. The van der Waals surface area contributed by atoms with Crippen LogP contribution in [0.15, 0.2) is 0 Å². The molecule has 0 radical (unpaired) electrons. The smallest absolute Gasteiger partial charge is 0.0593 e. The minimum atomic E-state index is 0.655. The number of hydrogen-bond donors (Lipinski definition) is 0. The van der Waals surface area contributed by atoms with Gasteiger partial charge in [-0.3, -0.25) is 4.90 Å². The minimum absolute atomic E-state index is 0.655. The molecule has 1 aliphatic rings. The van der Waals surface area contributed by atoms with Gasteiger partial charge in [-0.1, -0.05) is 13.8 Å². The van der Waals surface area contributed by atoms with Gasteiger partial charge in [0.2, 0.25) is 0 Å². The Morgan fingerprint density at radius 3 is 2.36 bits per heavy atom. The zero-order chi connectivity index (χ0) is 10.4. The standard InChI is InChI=1S/C11H24N2O/c1-11(2)10-14-9-8-13-6-4-12(3)5-7-13/h11H,4-10H2,1-3H3. The maximum Gasteiger partial charge on any atom is 0.0593 e. The highest BCUT2D eigenvalue weighted by Gasteiger charge is 2.12. The fourth-order valence-electron chi connectivity index (χ4n) is 1.58. The average Bonchev–Trinajstić information content (AvgIpc) is 2.15. The van der Waals surface area contributed by atoms with Crippen LogP contribution in [-0.4, -0.2) is 62.8 Å². The van der Waals surface area contributed by atoms with Crippen molar-refractivity contribution in [2.75, 3.05) is 53.0 Å². The normalized spacial score (nSPS) is 20.6. The fraction of sp³-hybridized carbons (Fsp3) is 1.00. The van der Waals surface area contributed by atoms with E-state index in [-0.39, 0.29) is 0 Å². The van der Waals surface area contributed by atoms with Crippen LogP contribution in [0.2, 0.25) is 0 Å². The van der Waals surface area contributed by atoms with Crippen molar-refractivity contribution < 1.29 is 4.74 Å². The summed E-state index contributed by atoms with van der Waals surface area (Å²) in [5, 5.41) is 0. The van der Waals surface area contributed by atoms with Gasteiger partial charge in [-0.05, 0) is 13.0 Å². The molecule has 3 heteroatoms. The second-order valence-corrected chi connectivity index (χ2v) is 4.61. The topological polar surface area (TPSA) is 15.7 Å². The van der Waals surface area contributed by atoms with E-state index >= 15 is 0 Å². The fourth-order valence-corrected chi connectivity index (χ4v) is 1.58. The summed E-state index contributed by atoms with van der Waals surface area (Å²) in [7, 11) is 2.19. The Bertz CT molecular complexity index is 142. The molecule has 0 unspecified atom stereocenters. The first-order valence-corrected chi connectivity index (χ1v) is 5.67. The van der Waals surface area contributed by atoms with E-state index in [2.05, 4.69) is 30.7 Å². The Morgan fingerprint density at radius 1 is 1.14 bits per heavy atom. The van der Waals surface area contributed by atoms with E-state index in [9.17, 15) is 0 Å². The number of hydrogen-bond acceptors (Lipinski definition) is 3. The quantitative estimate of drug-likeness (QED) is 0.613. The second-order valence-electron chi connectivity index (χ2n) is 4.61. The minimum Gasteiger partial charge on any atom is -0.380 e. The Labute approximate surface area is 88.0 Å². The van der Waals surface area contributed by atoms with Crippen LogP contribution in [0.25, 0.3) is 0 Å². The van der Waals surface area contributed by atoms with Crippen LogP contribution >= 0.6 is 0 Å². The van der Waals surface area contributed by atoms with Crippen LogP contribution in [0.4, 0.5) is 0 Å². The molecular formula is C11H24N2O. The Morgan fingerprint density at radius 2 is 1.79 bits per heavy atom. The molecular weight excluding hydrogens is 176 g/mol. The average molecular weight is 200 g/mol. The van der Waals surface area contributed by atoms with Gasteiger partial charge < -0.3 is 9.64 Å². The summed E-state index contributed by atoms with van der Waals surface area (Å²) in [4.78, 5) is 4.87. The van der Waals surface area contributed by atoms with E-state index in [1.807, 2.05) is 0 Å². The van der Waals surface area contributed by atoms with E-state index < -0.39 is 0 Å². The summed E-state index contributed by atoms with van der Waals surface area (Å²) < 4.78 is 5.57. The van der Waals surface area contributed by atoms with Crippen LogP contribution in [-0.2, 0) is 4.74 Å². The van der Waals surface area contributed by atoms with Crippen molar-refractivity contribution in [1.82, 2.24) is 9.80 Å². The van der Waals surface area contributed by atoms with Gasteiger partial charge in [-0.25, -0.2) is 0 Å². The number of likely N-dealkylation sites (N-methyl/N-ethyl adjacent to an activating group) is 1. The summed E-state index contributed by atoms with van der Waals surface area (Å²) in [5.41, 5.74) is 0. The molecule has 0 atom stereocenters. The lowest BCUT2D eigenvalue weighted by molar-refractivity contribution is 0.0692. The largest absolute Gasteiger partial charge is 0.380 e. The van der Waals surface area contributed by atoms with E-state index in [1.165, 1.54) is 26.2 Å². The molecule has 1 fully saturated rings. The Hall–Kier alpha value is -0.120. The maximum atomic E-state index is 5.57. The molecule has 14 heavy (non-hydrogen) atoms. The SMILES string of the molecule is CC(C)COCCN1CCN(C)CC1. The predicted molar refractivity (Wildman–Crippen MR) is 59.6 cm³/mol. The molecule has 0 aromatic heterocycles. The van der Waals surface area contributed by atoms with Gasteiger partial charge in [0, 0.05) is 39.3 Å². The van der Waals surface area contributed by atoms with Crippen LogP contribution in [0.3, 0.4) is 0 Å². The first kappa shape index (κ1) is 12.0. The van der Waals surface area contributed by atoms with E-state index in [0.29, 0.717) is 5.92 Å². The van der Waals surface area contributed by atoms with Crippen molar-refractivity contribution >= 4 is 0 Å². The number of nitrogens with zero attached hydrogens (tertiary/aromatic N) is 2. The molecule has 1 aliphatic heterocycles. The molecule has 1 rings (SSSR count). The van der Waals surface area contributed by atoms with E-state index in [4.69, 9.17) is 4.74 Å². The monoisotopic (exact) mass is 200 g/mol. The molecule has 1 saturated heterocycles. The summed E-state index contributed by atoms with van der Waals surface area (Å²) in [6.07, 6.45) is 0.